The highest BCUT2D eigenvalue weighted by molar-refractivity contribution is 6.63. The van der Waals surface area contributed by atoms with Crippen LogP contribution < -0.4 is 14.9 Å². The molecule has 1 aromatic rings. The molecule has 4 nitrogen and oxygen atoms in total. The standard InChI is InChI=1S/C14H20BFO4/c1-13(2)14(3,4)20-15(19-13)11-9(16)7-8-10(17-5)12(11)18-6/h7-8H,1-6H3. The molecule has 1 heterocycles. The molecule has 1 aliphatic heterocycles. The zero-order valence-electron chi connectivity index (χ0n) is 12.7. The summed E-state index contributed by atoms with van der Waals surface area (Å²) in [6.45, 7) is 7.66. The number of hydrogen-bond donors (Lipinski definition) is 0. The highest BCUT2D eigenvalue weighted by Gasteiger charge is 2.53. The Morgan fingerprint density at radius 1 is 1.00 bits per heavy atom. The molecule has 20 heavy (non-hydrogen) atoms. The lowest BCUT2D eigenvalue weighted by Gasteiger charge is -2.32. The molecule has 110 valence electrons. The molecule has 2 rings (SSSR count). The monoisotopic (exact) mass is 282 g/mol. The Labute approximate surface area is 119 Å². The van der Waals surface area contributed by atoms with E-state index in [1.54, 1.807) is 0 Å². The SMILES string of the molecule is COc1ccc(F)c(B2OC(C)(C)C(C)(C)O2)c1OC. The van der Waals surface area contributed by atoms with Crippen molar-refractivity contribution >= 4 is 12.6 Å². The summed E-state index contributed by atoms with van der Waals surface area (Å²) in [5.41, 5.74) is -0.860. The summed E-state index contributed by atoms with van der Waals surface area (Å²) in [5.74, 6) is 0.297. The van der Waals surface area contributed by atoms with E-state index in [9.17, 15) is 4.39 Å². The van der Waals surface area contributed by atoms with Crippen molar-refractivity contribution in [1.82, 2.24) is 0 Å². The predicted octanol–water partition coefficient (Wildman–Crippen LogP) is 2.14. The van der Waals surface area contributed by atoms with Crippen molar-refractivity contribution in [1.29, 1.82) is 0 Å². The lowest BCUT2D eigenvalue weighted by atomic mass is 9.77. The van der Waals surface area contributed by atoms with E-state index in [-0.39, 0.29) is 5.46 Å². The van der Waals surface area contributed by atoms with Gasteiger partial charge in [-0.1, -0.05) is 0 Å². The fourth-order valence-electron chi connectivity index (χ4n) is 2.11. The van der Waals surface area contributed by atoms with E-state index in [2.05, 4.69) is 0 Å². The van der Waals surface area contributed by atoms with Gasteiger partial charge in [0.1, 0.15) is 5.82 Å². The highest BCUT2D eigenvalue weighted by Crippen LogP contribution is 2.38. The van der Waals surface area contributed by atoms with Crippen molar-refractivity contribution in [3.05, 3.63) is 17.9 Å². The zero-order chi connectivity index (χ0) is 15.1. The van der Waals surface area contributed by atoms with E-state index >= 15 is 0 Å². The van der Waals surface area contributed by atoms with Crippen molar-refractivity contribution in [3.63, 3.8) is 0 Å². The van der Waals surface area contributed by atoms with Crippen molar-refractivity contribution in [3.8, 4) is 11.5 Å². The predicted molar refractivity (Wildman–Crippen MR) is 75.2 cm³/mol. The fourth-order valence-corrected chi connectivity index (χ4v) is 2.11. The van der Waals surface area contributed by atoms with E-state index in [1.165, 1.54) is 26.4 Å². The van der Waals surface area contributed by atoms with Crippen molar-refractivity contribution in [2.45, 2.75) is 38.9 Å². The molecule has 0 N–H and O–H groups in total. The van der Waals surface area contributed by atoms with Gasteiger partial charge in [0, 0.05) is 0 Å². The van der Waals surface area contributed by atoms with Crippen molar-refractivity contribution < 1.29 is 23.2 Å². The first kappa shape index (κ1) is 15.1. The molecule has 1 aromatic carbocycles. The molecule has 0 spiro atoms. The molecule has 1 fully saturated rings. The van der Waals surface area contributed by atoms with Crippen LogP contribution in [0.25, 0.3) is 0 Å². The minimum absolute atomic E-state index is 0.227. The Bertz CT molecular complexity index is 500. The van der Waals surface area contributed by atoms with Gasteiger partial charge in [0.15, 0.2) is 11.5 Å². The zero-order valence-corrected chi connectivity index (χ0v) is 12.7. The molecule has 6 heteroatoms. The van der Waals surface area contributed by atoms with Crippen LogP contribution in [0, 0.1) is 5.82 Å². The summed E-state index contributed by atoms with van der Waals surface area (Å²) in [6, 6.07) is 2.84. The Balaban J connectivity index is 2.49. The van der Waals surface area contributed by atoms with Crippen LogP contribution in [-0.4, -0.2) is 32.5 Å². The van der Waals surface area contributed by atoms with Crippen LogP contribution in [0.4, 0.5) is 4.39 Å². The molecular formula is C14H20BFO4. The van der Waals surface area contributed by atoms with Crippen LogP contribution in [-0.2, 0) is 9.31 Å². The third kappa shape index (κ3) is 2.27. The number of methoxy groups -OCH3 is 2. The van der Waals surface area contributed by atoms with Crippen LogP contribution in [0.15, 0.2) is 12.1 Å². The van der Waals surface area contributed by atoms with Crippen molar-refractivity contribution in [2.24, 2.45) is 0 Å². The van der Waals surface area contributed by atoms with Crippen LogP contribution in [0.3, 0.4) is 0 Å². The first-order valence-electron chi connectivity index (χ1n) is 6.49. The van der Waals surface area contributed by atoms with Crippen molar-refractivity contribution in [2.75, 3.05) is 14.2 Å². The normalized spacial score (nSPS) is 20.1. The molecule has 0 amide bonds. The van der Waals surface area contributed by atoms with Gasteiger partial charge in [-0.2, -0.15) is 0 Å². The second-order valence-corrected chi connectivity index (χ2v) is 5.78. The number of rotatable bonds is 3. The van der Waals surface area contributed by atoms with Gasteiger partial charge in [-0.25, -0.2) is 4.39 Å². The van der Waals surface area contributed by atoms with E-state index in [0.29, 0.717) is 11.5 Å². The first-order valence-corrected chi connectivity index (χ1v) is 6.49. The maximum absolute atomic E-state index is 14.2. The van der Waals surface area contributed by atoms with E-state index in [0.717, 1.165) is 0 Å². The molecule has 0 unspecified atom stereocenters. The summed E-state index contributed by atoms with van der Waals surface area (Å²) in [5, 5.41) is 0. The van der Waals surface area contributed by atoms with E-state index in [4.69, 9.17) is 18.8 Å². The van der Waals surface area contributed by atoms with Gasteiger partial charge in [-0.05, 0) is 39.8 Å². The summed E-state index contributed by atoms with van der Waals surface area (Å²) in [6.07, 6.45) is 0. The molecule has 1 saturated heterocycles. The minimum Gasteiger partial charge on any atom is -0.493 e. The largest absolute Gasteiger partial charge is 0.501 e. The third-order valence-corrected chi connectivity index (χ3v) is 4.02. The van der Waals surface area contributed by atoms with Gasteiger partial charge in [-0.15, -0.1) is 0 Å². The minimum atomic E-state index is -0.829. The number of hydrogen-bond acceptors (Lipinski definition) is 4. The number of benzene rings is 1. The van der Waals surface area contributed by atoms with Gasteiger partial charge in [0.2, 0.25) is 0 Å². The second-order valence-electron chi connectivity index (χ2n) is 5.78. The maximum Gasteiger partial charge on any atom is 0.501 e. The topological polar surface area (TPSA) is 36.9 Å². The molecule has 0 radical (unpaired) electrons. The van der Waals surface area contributed by atoms with Crippen LogP contribution in [0.5, 0.6) is 11.5 Å². The molecule has 0 aromatic heterocycles. The number of halogens is 1. The average Bonchev–Trinajstić information content (AvgIpc) is 2.57. The molecule has 0 bridgehead atoms. The van der Waals surface area contributed by atoms with Gasteiger partial charge in [-0.3, -0.25) is 0 Å². The Morgan fingerprint density at radius 3 is 2.00 bits per heavy atom. The van der Waals surface area contributed by atoms with Crippen LogP contribution in [0.2, 0.25) is 0 Å². The van der Waals surface area contributed by atoms with Gasteiger partial charge >= 0.3 is 7.12 Å². The molecule has 0 saturated carbocycles. The van der Waals surface area contributed by atoms with Crippen LogP contribution in [0.1, 0.15) is 27.7 Å². The smallest absolute Gasteiger partial charge is 0.493 e. The van der Waals surface area contributed by atoms with E-state index in [1.807, 2.05) is 27.7 Å². The fraction of sp³-hybridized carbons (Fsp3) is 0.571. The molecule has 0 atom stereocenters. The summed E-state index contributed by atoms with van der Waals surface area (Å²) in [4.78, 5) is 0. The number of ether oxygens (including phenoxy) is 2. The lowest BCUT2D eigenvalue weighted by molar-refractivity contribution is 0.00578. The first-order chi connectivity index (χ1) is 9.23. The molecular weight excluding hydrogens is 262 g/mol. The maximum atomic E-state index is 14.2. The van der Waals surface area contributed by atoms with Gasteiger partial charge in [0.25, 0.3) is 0 Å². The second kappa shape index (κ2) is 4.93. The summed E-state index contributed by atoms with van der Waals surface area (Å²) in [7, 11) is 2.14. The Hall–Kier alpha value is -1.27. The van der Waals surface area contributed by atoms with Gasteiger partial charge < -0.3 is 18.8 Å². The Kier molecular flexibility index (Phi) is 3.73. The van der Waals surface area contributed by atoms with Gasteiger partial charge in [0.05, 0.1) is 30.9 Å². The molecule has 1 aliphatic rings. The summed E-state index contributed by atoms with van der Waals surface area (Å²) < 4.78 is 36.4. The average molecular weight is 282 g/mol. The third-order valence-electron chi connectivity index (χ3n) is 4.02. The summed E-state index contributed by atoms with van der Waals surface area (Å²) >= 11 is 0. The van der Waals surface area contributed by atoms with E-state index < -0.39 is 24.1 Å². The van der Waals surface area contributed by atoms with Crippen LogP contribution >= 0.6 is 0 Å². The quantitative estimate of drug-likeness (QED) is 0.796. The Morgan fingerprint density at radius 2 is 1.55 bits per heavy atom. The lowest BCUT2D eigenvalue weighted by Crippen LogP contribution is -2.41. The molecule has 0 aliphatic carbocycles. The highest BCUT2D eigenvalue weighted by atomic mass is 19.1.